The molecule has 0 amide bonds. The largest absolute Gasteiger partial charge is 0.416 e. The molecule has 2 unspecified atom stereocenters. The van der Waals surface area contributed by atoms with Crippen LogP contribution in [-0.2, 0) is 12.7 Å². The van der Waals surface area contributed by atoms with Gasteiger partial charge in [0.2, 0.25) is 0 Å². The summed E-state index contributed by atoms with van der Waals surface area (Å²) in [6.45, 7) is 4.58. The third-order valence-electron chi connectivity index (χ3n) is 3.46. The minimum atomic E-state index is -4.26. The molecule has 1 aliphatic heterocycles. The van der Waals surface area contributed by atoms with Crippen LogP contribution in [0.3, 0.4) is 0 Å². The van der Waals surface area contributed by atoms with Gasteiger partial charge >= 0.3 is 6.18 Å². The lowest BCUT2D eigenvalue weighted by molar-refractivity contribution is -0.137. The van der Waals surface area contributed by atoms with Crippen molar-refractivity contribution in [1.29, 1.82) is 0 Å². The molecule has 1 aromatic carbocycles. The van der Waals surface area contributed by atoms with Gasteiger partial charge < -0.3 is 5.73 Å². The highest BCUT2D eigenvalue weighted by Gasteiger charge is 2.30. The zero-order chi connectivity index (χ0) is 14.0. The van der Waals surface area contributed by atoms with E-state index in [-0.39, 0.29) is 6.04 Å². The van der Waals surface area contributed by atoms with Crippen molar-refractivity contribution in [2.45, 2.75) is 32.1 Å². The highest BCUT2D eigenvalue weighted by Crippen LogP contribution is 2.29. The van der Waals surface area contributed by atoms with E-state index in [1.807, 2.05) is 0 Å². The van der Waals surface area contributed by atoms with Crippen molar-refractivity contribution in [3.05, 3.63) is 35.4 Å². The van der Waals surface area contributed by atoms with Gasteiger partial charge in [0.25, 0.3) is 0 Å². The molecule has 1 aromatic rings. The Hall–Kier alpha value is -1.07. The molecule has 106 valence electrons. The highest BCUT2D eigenvalue weighted by molar-refractivity contribution is 5.24. The predicted octanol–water partition coefficient (Wildman–Crippen LogP) is 2.87. The topological polar surface area (TPSA) is 29.3 Å². The minimum absolute atomic E-state index is 0.165. The second kappa shape index (κ2) is 5.51. The Kier molecular flexibility index (Phi) is 4.16. The fourth-order valence-corrected chi connectivity index (χ4v) is 2.70. The first-order valence-corrected chi connectivity index (χ1v) is 6.48. The first-order valence-electron chi connectivity index (χ1n) is 6.48. The number of piperidine rings is 1. The molecule has 0 bridgehead atoms. The molecule has 1 saturated heterocycles. The van der Waals surface area contributed by atoms with E-state index in [9.17, 15) is 13.2 Å². The van der Waals surface area contributed by atoms with Crippen LogP contribution in [0.25, 0.3) is 0 Å². The molecule has 5 heteroatoms. The second-order valence-electron chi connectivity index (χ2n) is 5.49. The maximum Gasteiger partial charge on any atom is 0.416 e. The summed E-state index contributed by atoms with van der Waals surface area (Å²) >= 11 is 0. The third kappa shape index (κ3) is 3.94. The Morgan fingerprint density at radius 1 is 1.21 bits per heavy atom. The Morgan fingerprint density at radius 2 is 1.84 bits per heavy atom. The van der Waals surface area contributed by atoms with Crippen molar-refractivity contribution in [3.8, 4) is 0 Å². The number of rotatable bonds is 2. The maximum atomic E-state index is 12.5. The average molecular weight is 272 g/mol. The standard InChI is InChI=1S/C14H19F3N2/c1-10-6-13(18)9-19(7-10)8-11-2-4-12(5-3-11)14(15,16)17/h2-5,10,13H,6-9,18H2,1H3. The van der Waals surface area contributed by atoms with E-state index < -0.39 is 11.7 Å². The van der Waals surface area contributed by atoms with E-state index in [4.69, 9.17) is 5.73 Å². The zero-order valence-corrected chi connectivity index (χ0v) is 11.0. The fraction of sp³-hybridized carbons (Fsp3) is 0.571. The Morgan fingerprint density at radius 3 is 2.37 bits per heavy atom. The molecule has 1 aliphatic rings. The molecule has 19 heavy (non-hydrogen) atoms. The summed E-state index contributed by atoms with van der Waals surface area (Å²) in [7, 11) is 0. The van der Waals surface area contributed by atoms with Gasteiger partial charge in [-0.15, -0.1) is 0 Å². The van der Waals surface area contributed by atoms with Crippen LogP contribution in [0.5, 0.6) is 0 Å². The number of likely N-dealkylation sites (tertiary alicyclic amines) is 1. The summed E-state index contributed by atoms with van der Waals surface area (Å²) < 4.78 is 37.4. The normalized spacial score (nSPS) is 25.5. The Balaban J connectivity index is 1.99. The molecule has 2 N–H and O–H groups in total. The van der Waals surface area contributed by atoms with Gasteiger partial charge in [0, 0.05) is 25.7 Å². The summed E-state index contributed by atoms with van der Waals surface area (Å²) in [5.41, 5.74) is 6.26. The van der Waals surface area contributed by atoms with Crippen LogP contribution in [0.2, 0.25) is 0 Å². The van der Waals surface area contributed by atoms with Gasteiger partial charge in [-0.25, -0.2) is 0 Å². The van der Waals surface area contributed by atoms with Crippen molar-refractivity contribution in [2.75, 3.05) is 13.1 Å². The molecule has 1 heterocycles. The highest BCUT2D eigenvalue weighted by atomic mass is 19.4. The van der Waals surface area contributed by atoms with Crippen molar-refractivity contribution in [3.63, 3.8) is 0 Å². The van der Waals surface area contributed by atoms with Gasteiger partial charge in [-0.1, -0.05) is 19.1 Å². The first kappa shape index (κ1) is 14.3. The van der Waals surface area contributed by atoms with E-state index in [2.05, 4.69) is 11.8 Å². The van der Waals surface area contributed by atoms with Crippen LogP contribution in [0.15, 0.2) is 24.3 Å². The minimum Gasteiger partial charge on any atom is -0.327 e. The van der Waals surface area contributed by atoms with E-state index in [0.717, 1.165) is 37.2 Å². The molecule has 0 saturated carbocycles. The van der Waals surface area contributed by atoms with Crippen molar-refractivity contribution >= 4 is 0 Å². The van der Waals surface area contributed by atoms with Crippen LogP contribution in [0.1, 0.15) is 24.5 Å². The van der Waals surface area contributed by atoms with E-state index in [1.54, 1.807) is 12.1 Å². The van der Waals surface area contributed by atoms with Gasteiger partial charge in [-0.05, 0) is 30.0 Å². The summed E-state index contributed by atoms with van der Waals surface area (Å²) in [4.78, 5) is 2.21. The molecule has 0 aliphatic carbocycles. The van der Waals surface area contributed by atoms with Crippen LogP contribution in [0, 0.1) is 5.92 Å². The first-order chi connectivity index (χ1) is 8.84. The van der Waals surface area contributed by atoms with E-state index >= 15 is 0 Å². The van der Waals surface area contributed by atoms with E-state index in [0.29, 0.717) is 12.5 Å². The Labute approximate surface area is 111 Å². The number of nitrogens with zero attached hydrogens (tertiary/aromatic N) is 1. The number of halogens is 3. The predicted molar refractivity (Wildman–Crippen MR) is 68.5 cm³/mol. The molecule has 1 fully saturated rings. The quantitative estimate of drug-likeness (QED) is 0.897. The van der Waals surface area contributed by atoms with Crippen LogP contribution >= 0.6 is 0 Å². The van der Waals surface area contributed by atoms with Crippen molar-refractivity contribution < 1.29 is 13.2 Å². The van der Waals surface area contributed by atoms with E-state index in [1.165, 1.54) is 0 Å². The van der Waals surface area contributed by atoms with Gasteiger partial charge in [-0.2, -0.15) is 13.2 Å². The Bertz CT molecular complexity index is 404. The number of nitrogens with two attached hydrogens (primary N) is 1. The molecule has 2 atom stereocenters. The van der Waals surface area contributed by atoms with Gasteiger partial charge in [0.1, 0.15) is 0 Å². The fourth-order valence-electron chi connectivity index (χ4n) is 2.70. The van der Waals surface area contributed by atoms with Crippen LogP contribution in [0.4, 0.5) is 13.2 Å². The smallest absolute Gasteiger partial charge is 0.327 e. The summed E-state index contributed by atoms with van der Waals surface area (Å²) in [5, 5.41) is 0. The lowest BCUT2D eigenvalue weighted by atomic mass is 9.96. The molecule has 2 rings (SSSR count). The summed E-state index contributed by atoms with van der Waals surface area (Å²) in [5.74, 6) is 0.540. The number of hydrogen-bond donors (Lipinski definition) is 1. The number of benzene rings is 1. The second-order valence-corrected chi connectivity index (χ2v) is 5.49. The average Bonchev–Trinajstić information content (AvgIpc) is 2.26. The molecular weight excluding hydrogens is 253 g/mol. The third-order valence-corrected chi connectivity index (χ3v) is 3.46. The molecule has 0 spiro atoms. The lowest BCUT2D eigenvalue weighted by Gasteiger charge is -2.34. The van der Waals surface area contributed by atoms with Crippen molar-refractivity contribution in [2.24, 2.45) is 11.7 Å². The monoisotopic (exact) mass is 272 g/mol. The molecule has 0 radical (unpaired) electrons. The molecule has 2 nitrogen and oxygen atoms in total. The number of hydrogen-bond acceptors (Lipinski definition) is 2. The summed E-state index contributed by atoms with van der Waals surface area (Å²) in [6.07, 6.45) is -3.25. The SMILES string of the molecule is CC1CC(N)CN(Cc2ccc(C(F)(F)F)cc2)C1. The summed E-state index contributed by atoms with van der Waals surface area (Å²) in [6, 6.07) is 5.55. The lowest BCUT2D eigenvalue weighted by Crippen LogP contribution is -2.45. The van der Waals surface area contributed by atoms with Gasteiger partial charge in [0.05, 0.1) is 5.56 Å². The number of alkyl halides is 3. The molecular formula is C14H19F3N2. The van der Waals surface area contributed by atoms with Gasteiger partial charge in [0.15, 0.2) is 0 Å². The zero-order valence-electron chi connectivity index (χ0n) is 11.0. The maximum absolute atomic E-state index is 12.5. The van der Waals surface area contributed by atoms with Crippen LogP contribution < -0.4 is 5.73 Å². The molecule has 0 aromatic heterocycles. The van der Waals surface area contributed by atoms with Gasteiger partial charge in [-0.3, -0.25) is 4.90 Å². The van der Waals surface area contributed by atoms with Crippen molar-refractivity contribution in [1.82, 2.24) is 4.90 Å². The van der Waals surface area contributed by atoms with Crippen LogP contribution in [-0.4, -0.2) is 24.0 Å².